The van der Waals surface area contributed by atoms with Crippen molar-refractivity contribution in [2.45, 2.75) is 90.3 Å². The van der Waals surface area contributed by atoms with Crippen LogP contribution in [0.15, 0.2) is 48.7 Å². The lowest BCUT2D eigenvalue weighted by atomic mass is 9.72. The third-order valence-corrected chi connectivity index (χ3v) is 14.0. The Morgan fingerprint density at radius 1 is 0.914 bits per heavy atom. The molecule has 58 heavy (non-hydrogen) atoms. The molecule has 300 valence electrons. The molecule has 0 saturated carbocycles. The molecule has 2 aromatic carbocycles. The van der Waals surface area contributed by atoms with Gasteiger partial charge >= 0.3 is 6.09 Å². The number of benzene rings is 2. The lowest BCUT2D eigenvalue weighted by molar-refractivity contribution is 0.0428. The number of aromatic amines is 2. The SMILES string of the molecule is Cc1nc2c(I)[nH]nc2nc1N1CCC2(CC1)Cc1cccc(Cc3nc4cn[nH]c4nc3N3CCC4(CC3)Cc3ccccc3[C@H]4NC(=O)OC(C)(C)C)c1[C@H]2N. The summed E-state index contributed by atoms with van der Waals surface area (Å²) in [6.07, 6.45) is 7.57. The van der Waals surface area contributed by atoms with Crippen LogP contribution in [0.1, 0.15) is 97.7 Å². The summed E-state index contributed by atoms with van der Waals surface area (Å²) in [4.78, 5) is 38.1. The van der Waals surface area contributed by atoms with Gasteiger partial charge in [0.15, 0.2) is 17.3 Å². The van der Waals surface area contributed by atoms with Crippen LogP contribution in [0.4, 0.5) is 16.4 Å². The lowest BCUT2D eigenvalue weighted by Gasteiger charge is -2.44. The highest BCUT2D eigenvalue weighted by atomic mass is 127. The van der Waals surface area contributed by atoms with Crippen LogP contribution in [0.25, 0.3) is 22.3 Å². The van der Waals surface area contributed by atoms with Gasteiger partial charge in [-0.15, -0.1) is 0 Å². The molecule has 5 N–H and O–H groups in total. The molecule has 2 atom stereocenters. The largest absolute Gasteiger partial charge is 0.444 e. The minimum Gasteiger partial charge on any atom is -0.444 e. The first-order valence-corrected chi connectivity index (χ1v) is 21.5. The van der Waals surface area contributed by atoms with E-state index in [1.54, 1.807) is 6.20 Å². The third kappa shape index (κ3) is 6.35. The normalized spacial score (nSPS) is 20.9. The zero-order valence-corrected chi connectivity index (χ0v) is 35.6. The van der Waals surface area contributed by atoms with Crippen molar-refractivity contribution in [3.05, 3.63) is 91.6 Å². The highest BCUT2D eigenvalue weighted by Crippen LogP contribution is 2.54. The molecule has 0 unspecified atom stereocenters. The van der Waals surface area contributed by atoms with E-state index >= 15 is 0 Å². The van der Waals surface area contributed by atoms with Gasteiger partial charge in [-0.1, -0.05) is 42.5 Å². The molecule has 10 rings (SSSR count). The molecule has 14 nitrogen and oxygen atoms in total. The van der Waals surface area contributed by atoms with E-state index in [0.29, 0.717) is 17.7 Å². The first-order valence-electron chi connectivity index (χ1n) is 20.4. The number of fused-ring (bicyclic) bond motifs is 4. The highest BCUT2D eigenvalue weighted by Gasteiger charge is 2.50. The molecule has 1 amide bonds. The monoisotopic (exact) mass is 892 g/mol. The van der Waals surface area contributed by atoms with Crippen molar-refractivity contribution in [1.29, 1.82) is 0 Å². The Hall–Kier alpha value is -4.90. The molecule has 15 heteroatoms. The van der Waals surface area contributed by atoms with Gasteiger partial charge in [0.1, 0.15) is 20.3 Å². The first kappa shape index (κ1) is 37.4. The highest BCUT2D eigenvalue weighted by molar-refractivity contribution is 14.1. The summed E-state index contributed by atoms with van der Waals surface area (Å²) in [5.41, 5.74) is 17.7. The molecule has 0 radical (unpaired) electrons. The van der Waals surface area contributed by atoms with Crippen molar-refractivity contribution < 1.29 is 9.53 Å². The number of alkyl carbamates (subject to hydrolysis) is 1. The number of amides is 1. The number of nitrogens with two attached hydrogens (primary N) is 1. The Morgan fingerprint density at radius 2 is 1.62 bits per heavy atom. The molecular formula is C43H49IN12O2. The lowest BCUT2D eigenvalue weighted by Crippen LogP contribution is -2.48. The summed E-state index contributed by atoms with van der Waals surface area (Å²) < 4.78 is 6.66. The molecule has 6 heterocycles. The van der Waals surface area contributed by atoms with Crippen LogP contribution in [0, 0.1) is 21.5 Å². The first-order chi connectivity index (χ1) is 27.9. The fraction of sp³-hybridized carbons (Fsp3) is 0.465. The number of hydrogen-bond acceptors (Lipinski definition) is 11. The molecule has 2 spiro atoms. The van der Waals surface area contributed by atoms with E-state index in [4.69, 9.17) is 30.4 Å². The van der Waals surface area contributed by atoms with Crippen LogP contribution in [0.5, 0.6) is 0 Å². The number of anilines is 2. The summed E-state index contributed by atoms with van der Waals surface area (Å²) >= 11 is 2.22. The van der Waals surface area contributed by atoms with Gasteiger partial charge in [-0.2, -0.15) is 10.2 Å². The predicted octanol–water partition coefficient (Wildman–Crippen LogP) is 6.77. The average molecular weight is 893 g/mol. The van der Waals surface area contributed by atoms with Gasteiger partial charge in [-0.25, -0.2) is 24.7 Å². The van der Waals surface area contributed by atoms with Crippen LogP contribution < -0.4 is 20.9 Å². The van der Waals surface area contributed by atoms with Crippen molar-refractivity contribution >= 4 is 62.6 Å². The van der Waals surface area contributed by atoms with Crippen molar-refractivity contribution in [2.75, 3.05) is 36.0 Å². The van der Waals surface area contributed by atoms with Gasteiger partial charge in [0.25, 0.3) is 0 Å². The Kier molecular flexibility index (Phi) is 8.93. The summed E-state index contributed by atoms with van der Waals surface area (Å²) in [6, 6.07) is 15.0. The number of aryl methyl sites for hydroxylation is 1. The Morgan fingerprint density at radius 3 is 2.40 bits per heavy atom. The Labute approximate surface area is 350 Å². The number of nitrogens with one attached hydrogen (secondary N) is 3. The second-order valence-corrected chi connectivity index (χ2v) is 19.0. The quantitative estimate of drug-likeness (QED) is 0.134. The zero-order valence-electron chi connectivity index (χ0n) is 33.4. The Balaban J connectivity index is 0.895. The summed E-state index contributed by atoms with van der Waals surface area (Å²) in [7, 11) is 0. The van der Waals surface area contributed by atoms with E-state index < -0.39 is 5.60 Å². The Bertz CT molecular complexity index is 2560. The van der Waals surface area contributed by atoms with Crippen molar-refractivity contribution in [3.8, 4) is 0 Å². The van der Waals surface area contributed by atoms with Gasteiger partial charge in [-0.05, 0) is 122 Å². The molecule has 2 saturated heterocycles. The summed E-state index contributed by atoms with van der Waals surface area (Å²) in [5.74, 6) is 1.79. The van der Waals surface area contributed by atoms with E-state index in [1.807, 2.05) is 27.7 Å². The average Bonchev–Trinajstić information content (AvgIpc) is 3.95. The minimum atomic E-state index is -0.578. The van der Waals surface area contributed by atoms with E-state index in [1.165, 1.54) is 27.8 Å². The topological polar surface area (TPSA) is 180 Å². The molecule has 4 aliphatic rings. The number of rotatable bonds is 5. The van der Waals surface area contributed by atoms with E-state index in [-0.39, 0.29) is 29.0 Å². The number of carbonyl (C=O) groups is 1. The van der Waals surface area contributed by atoms with Crippen molar-refractivity contribution in [2.24, 2.45) is 16.6 Å². The van der Waals surface area contributed by atoms with Gasteiger partial charge in [0.2, 0.25) is 5.65 Å². The molecule has 2 aliphatic heterocycles. The number of nitrogens with zero attached hydrogens (tertiary/aromatic N) is 8. The number of halogens is 1. The fourth-order valence-corrected chi connectivity index (χ4v) is 10.9. The van der Waals surface area contributed by atoms with Gasteiger partial charge in [-0.3, -0.25) is 10.2 Å². The second-order valence-electron chi connectivity index (χ2n) is 17.9. The summed E-state index contributed by atoms with van der Waals surface area (Å²) in [5, 5.41) is 18.0. The van der Waals surface area contributed by atoms with Crippen LogP contribution in [-0.4, -0.2) is 78.2 Å². The second kappa shape index (κ2) is 13.9. The minimum absolute atomic E-state index is 0.0327. The van der Waals surface area contributed by atoms with Gasteiger partial charge < -0.3 is 25.6 Å². The van der Waals surface area contributed by atoms with Crippen LogP contribution in [0.3, 0.4) is 0 Å². The maximum absolute atomic E-state index is 13.2. The molecule has 6 aromatic rings. The van der Waals surface area contributed by atoms with Crippen molar-refractivity contribution in [1.82, 2.24) is 45.6 Å². The number of H-pyrrole nitrogens is 2. The maximum atomic E-state index is 13.2. The zero-order chi connectivity index (χ0) is 40.0. The predicted molar refractivity (Wildman–Crippen MR) is 231 cm³/mol. The third-order valence-electron chi connectivity index (χ3n) is 13.3. The van der Waals surface area contributed by atoms with Crippen LogP contribution in [-0.2, 0) is 24.0 Å². The maximum Gasteiger partial charge on any atom is 0.408 e. The molecule has 4 aromatic heterocycles. The molecule has 2 fully saturated rings. The number of carbonyl (C=O) groups excluding carboxylic acids is 1. The van der Waals surface area contributed by atoms with E-state index in [0.717, 1.165) is 102 Å². The number of hydrogen-bond donors (Lipinski definition) is 4. The standard InChI is InChI=1S/C43H49IN12O2/c1-24-38(51-37-32(47-24)35(44)52-54-37)55-16-12-42(13-17-55)22-27-10-7-9-25(31(27)33(42)45)20-29-39(50-36-30(48-29)23-46-53-36)56-18-14-43(15-19-56)21-26-8-5-6-11-28(26)34(43)49-40(57)58-41(2,3)4/h5-11,23,33-34H,12-22,45H2,1-4H3,(H,49,57)(H,46,50,53)(H,51,52,54)/t33-,34-/m1/s1. The smallest absolute Gasteiger partial charge is 0.408 e. The van der Waals surface area contributed by atoms with Crippen LogP contribution >= 0.6 is 22.6 Å². The van der Waals surface area contributed by atoms with E-state index in [2.05, 4.69) is 101 Å². The number of ether oxygens (including phenoxy) is 1. The molecule has 0 bridgehead atoms. The fourth-order valence-electron chi connectivity index (χ4n) is 10.4. The van der Waals surface area contributed by atoms with Crippen LogP contribution in [0.2, 0.25) is 0 Å². The van der Waals surface area contributed by atoms with Gasteiger partial charge in [0, 0.05) is 44.1 Å². The molecular weight excluding hydrogens is 843 g/mol. The van der Waals surface area contributed by atoms with Gasteiger partial charge in [0.05, 0.1) is 23.6 Å². The number of aromatic nitrogens is 8. The number of piperidine rings is 2. The van der Waals surface area contributed by atoms with Crippen molar-refractivity contribution in [3.63, 3.8) is 0 Å². The summed E-state index contributed by atoms with van der Waals surface area (Å²) in [6.45, 7) is 11.0. The van der Waals surface area contributed by atoms with E-state index in [9.17, 15) is 4.79 Å². The molecule has 2 aliphatic carbocycles.